The number of hydrogen-bond acceptors (Lipinski definition) is 11. The van der Waals surface area contributed by atoms with Crippen molar-refractivity contribution in [3.63, 3.8) is 0 Å². The van der Waals surface area contributed by atoms with E-state index in [2.05, 4.69) is 15.6 Å². The lowest BCUT2D eigenvalue weighted by molar-refractivity contribution is -0.183. The molecular weight excluding hydrogens is 828 g/mol. The number of halogens is 3. The summed E-state index contributed by atoms with van der Waals surface area (Å²) in [4.78, 5) is 82.4. The van der Waals surface area contributed by atoms with E-state index in [1.807, 2.05) is 30.3 Å². The molecule has 3 aromatic rings. The van der Waals surface area contributed by atoms with Crippen molar-refractivity contribution in [2.45, 2.75) is 63.7 Å². The van der Waals surface area contributed by atoms with Crippen LogP contribution in [0.5, 0.6) is 11.5 Å². The summed E-state index contributed by atoms with van der Waals surface area (Å²) in [5.74, 6) is -3.35. The number of imide groups is 2. The summed E-state index contributed by atoms with van der Waals surface area (Å²) in [6.45, 7) is 1.74. The fourth-order valence-corrected chi connectivity index (χ4v) is 7.60. The standard InChI is InChI=1S/C45H50F3N5O10/c1-52(16-17-61-18-19-62-20-21-63-33-12-13-34-35(25-33)44(59)53(43(34)58)37-14-15-39(54)51-42(37)57)40(55)23-29-4-3-5-30(22-29)26-50-41(56)36-24-31(38(60-2)27-49-36)9-6-28-7-10-32(11-8-28)45(46,47)48/h3-6,9,12-13,22,24-25,27-28,32,37H,7-8,10-11,14-21,23,26H2,1-2H3,(H,50,56)(H,51,54,57). The Hall–Kier alpha value is -6.14. The minimum Gasteiger partial charge on any atom is -0.495 e. The molecule has 0 bridgehead atoms. The van der Waals surface area contributed by atoms with Crippen molar-refractivity contribution < 1.29 is 60.9 Å². The second-order valence-electron chi connectivity index (χ2n) is 15.5. The van der Waals surface area contributed by atoms with Gasteiger partial charge in [-0.05, 0) is 73.4 Å². The number of nitrogens with one attached hydrogen (secondary N) is 2. The van der Waals surface area contributed by atoms with E-state index >= 15 is 0 Å². The van der Waals surface area contributed by atoms with Crippen LogP contribution in [0, 0.1) is 11.8 Å². The van der Waals surface area contributed by atoms with E-state index < -0.39 is 47.7 Å². The molecule has 2 aromatic carbocycles. The normalized spacial score (nSPS) is 18.9. The molecule has 18 heteroatoms. The maximum absolute atomic E-state index is 13.1. The number of fused-ring (bicyclic) bond motifs is 1. The van der Waals surface area contributed by atoms with Gasteiger partial charge in [0.15, 0.2) is 0 Å². The van der Waals surface area contributed by atoms with Gasteiger partial charge in [0.25, 0.3) is 17.7 Å². The summed E-state index contributed by atoms with van der Waals surface area (Å²) >= 11 is 0. The zero-order chi connectivity index (χ0) is 45.1. The van der Waals surface area contributed by atoms with Crippen LogP contribution in [-0.4, -0.2) is 116 Å². The molecule has 2 fully saturated rings. The number of allylic oxidation sites excluding steroid dienone is 1. The van der Waals surface area contributed by atoms with Gasteiger partial charge in [-0.15, -0.1) is 0 Å². The number of ether oxygens (including phenoxy) is 4. The van der Waals surface area contributed by atoms with Crippen molar-refractivity contribution >= 4 is 41.5 Å². The van der Waals surface area contributed by atoms with Crippen LogP contribution in [0.25, 0.3) is 6.08 Å². The lowest BCUT2D eigenvalue weighted by Gasteiger charge is -2.28. The fourth-order valence-electron chi connectivity index (χ4n) is 7.60. The predicted molar refractivity (Wildman–Crippen MR) is 221 cm³/mol. The Balaban J connectivity index is 0.853. The summed E-state index contributed by atoms with van der Waals surface area (Å²) in [6, 6.07) is 12.3. The number of nitrogens with zero attached hydrogens (tertiary/aromatic N) is 3. The SMILES string of the molecule is COc1cnc(C(=O)NCc2cccc(CC(=O)N(C)CCOCCOCCOc3ccc4c(c3)C(=O)N(C3CCC(=O)NC3=O)C4=O)c2)cc1C=CC1CCC(C(F)(F)F)CC1. The molecule has 15 nitrogen and oxygen atoms in total. The maximum Gasteiger partial charge on any atom is 0.391 e. The third-order valence-corrected chi connectivity index (χ3v) is 11.2. The Labute approximate surface area is 362 Å². The highest BCUT2D eigenvalue weighted by Gasteiger charge is 2.45. The smallest absolute Gasteiger partial charge is 0.391 e. The molecule has 3 aliphatic rings. The van der Waals surface area contributed by atoms with Gasteiger partial charge in [0, 0.05) is 32.1 Å². The highest BCUT2D eigenvalue weighted by Crippen LogP contribution is 2.40. The Bertz CT molecular complexity index is 2210. The molecule has 1 aliphatic carbocycles. The number of benzene rings is 2. The number of carbonyl (C=O) groups is 6. The van der Waals surface area contributed by atoms with Gasteiger partial charge in [0.2, 0.25) is 17.7 Å². The topological polar surface area (TPSA) is 183 Å². The van der Waals surface area contributed by atoms with Crippen LogP contribution in [0.1, 0.15) is 86.4 Å². The third kappa shape index (κ3) is 12.3. The van der Waals surface area contributed by atoms with Gasteiger partial charge in [-0.3, -0.25) is 39.0 Å². The van der Waals surface area contributed by atoms with E-state index in [9.17, 15) is 41.9 Å². The van der Waals surface area contributed by atoms with Crippen molar-refractivity contribution in [1.82, 2.24) is 25.4 Å². The highest BCUT2D eigenvalue weighted by molar-refractivity contribution is 6.23. The van der Waals surface area contributed by atoms with Crippen LogP contribution in [0.3, 0.4) is 0 Å². The Kier molecular flexibility index (Phi) is 15.7. The first-order chi connectivity index (χ1) is 30.2. The van der Waals surface area contributed by atoms with Crippen LogP contribution < -0.4 is 20.1 Å². The summed E-state index contributed by atoms with van der Waals surface area (Å²) in [6.07, 6.45) is 2.22. The molecular formula is C45H50F3N5O10. The lowest BCUT2D eigenvalue weighted by atomic mass is 9.81. The van der Waals surface area contributed by atoms with Gasteiger partial charge < -0.3 is 29.2 Å². The quantitative estimate of drug-likeness (QED) is 0.123. The number of pyridine rings is 1. The van der Waals surface area contributed by atoms with Crippen molar-refractivity contribution in [3.05, 3.63) is 94.3 Å². The van der Waals surface area contributed by atoms with Crippen molar-refractivity contribution in [1.29, 1.82) is 0 Å². The third-order valence-electron chi connectivity index (χ3n) is 11.2. The molecule has 1 saturated carbocycles. The average Bonchev–Trinajstić information content (AvgIpc) is 3.51. The Morgan fingerprint density at radius 2 is 1.62 bits per heavy atom. The molecule has 1 unspecified atom stereocenters. The second kappa shape index (κ2) is 21.3. The number of hydrogen-bond donors (Lipinski definition) is 2. The zero-order valence-corrected chi connectivity index (χ0v) is 35.0. The summed E-state index contributed by atoms with van der Waals surface area (Å²) in [7, 11) is 3.16. The van der Waals surface area contributed by atoms with Crippen molar-refractivity contribution in [2.24, 2.45) is 11.8 Å². The molecule has 2 aliphatic heterocycles. The van der Waals surface area contributed by atoms with Gasteiger partial charge in [-0.25, -0.2) is 4.98 Å². The molecule has 6 amide bonds. The first kappa shape index (κ1) is 46.4. The molecule has 1 saturated heterocycles. The molecule has 1 atom stereocenters. The first-order valence-electron chi connectivity index (χ1n) is 20.7. The van der Waals surface area contributed by atoms with Gasteiger partial charge >= 0.3 is 6.18 Å². The second-order valence-corrected chi connectivity index (χ2v) is 15.5. The molecule has 0 spiro atoms. The van der Waals surface area contributed by atoms with E-state index in [1.54, 1.807) is 30.2 Å². The number of piperidine rings is 1. The molecule has 336 valence electrons. The van der Waals surface area contributed by atoms with Gasteiger partial charge in [-0.1, -0.05) is 36.4 Å². The minimum absolute atomic E-state index is 0.000370. The number of rotatable bonds is 19. The molecule has 63 heavy (non-hydrogen) atoms. The van der Waals surface area contributed by atoms with E-state index in [0.29, 0.717) is 36.4 Å². The number of alkyl halides is 3. The molecule has 1 aromatic heterocycles. The number of likely N-dealkylation sites (N-methyl/N-ethyl adjacent to an activating group) is 1. The van der Waals surface area contributed by atoms with E-state index in [0.717, 1.165) is 16.0 Å². The van der Waals surface area contributed by atoms with Crippen LogP contribution in [-0.2, 0) is 36.8 Å². The monoisotopic (exact) mass is 877 g/mol. The van der Waals surface area contributed by atoms with Crippen molar-refractivity contribution in [2.75, 3.05) is 53.7 Å². The van der Waals surface area contributed by atoms with Crippen molar-refractivity contribution in [3.8, 4) is 11.5 Å². The molecule has 6 rings (SSSR count). The molecule has 3 heterocycles. The Morgan fingerprint density at radius 1 is 0.905 bits per heavy atom. The number of methoxy groups -OCH3 is 1. The summed E-state index contributed by atoms with van der Waals surface area (Å²) in [5, 5.41) is 5.02. The highest BCUT2D eigenvalue weighted by atomic mass is 19.4. The van der Waals surface area contributed by atoms with E-state index in [4.69, 9.17) is 18.9 Å². The maximum atomic E-state index is 13.1. The lowest BCUT2D eigenvalue weighted by Crippen LogP contribution is -2.54. The van der Waals surface area contributed by atoms with Gasteiger partial charge in [-0.2, -0.15) is 13.2 Å². The predicted octanol–water partition coefficient (Wildman–Crippen LogP) is 4.92. The number of carbonyl (C=O) groups excluding carboxylic acids is 6. The van der Waals surface area contributed by atoms with E-state index in [1.165, 1.54) is 25.4 Å². The average molecular weight is 878 g/mol. The molecule has 0 radical (unpaired) electrons. The van der Waals surface area contributed by atoms with Crippen LogP contribution in [0.4, 0.5) is 13.2 Å². The van der Waals surface area contributed by atoms with Gasteiger partial charge in [0.1, 0.15) is 29.8 Å². The van der Waals surface area contributed by atoms with Crippen LogP contribution in [0.15, 0.2) is 60.8 Å². The Morgan fingerprint density at radius 3 is 2.35 bits per heavy atom. The van der Waals surface area contributed by atoms with Crippen LogP contribution >= 0.6 is 0 Å². The zero-order valence-electron chi connectivity index (χ0n) is 35.0. The number of aromatic nitrogens is 1. The fraction of sp³-hybridized carbons (Fsp3) is 0.444. The molecule has 2 N–H and O–H groups in total. The summed E-state index contributed by atoms with van der Waals surface area (Å²) in [5.41, 5.74) is 2.58. The summed E-state index contributed by atoms with van der Waals surface area (Å²) < 4.78 is 61.5. The van der Waals surface area contributed by atoms with Gasteiger partial charge in [0.05, 0.1) is 63.2 Å². The number of amides is 6. The largest absolute Gasteiger partial charge is 0.495 e. The van der Waals surface area contributed by atoms with E-state index in [-0.39, 0.29) is 100 Å². The first-order valence-corrected chi connectivity index (χ1v) is 20.7. The minimum atomic E-state index is -4.17. The van der Waals surface area contributed by atoms with Crippen LogP contribution in [0.2, 0.25) is 0 Å².